The fourth-order valence-electron chi connectivity index (χ4n) is 0.997. The van der Waals surface area contributed by atoms with Gasteiger partial charge < -0.3 is 5.73 Å². The topological polar surface area (TPSA) is 38.9 Å². The molecule has 1 heterocycles. The molecule has 0 radical (unpaired) electrons. The van der Waals surface area contributed by atoms with Gasteiger partial charge in [-0.15, -0.1) is 34.0 Å². The van der Waals surface area contributed by atoms with Crippen LogP contribution < -0.4 is 5.73 Å². The lowest BCUT2D eigenvalue weighted by atomic mass is 10.1. The van der Waals surface area contributed by atoms with Crippen LogP contribution in [0.25, 0.3) is 0 Å². The highest BCUT2D eigenvalue weighted by molar-refractivity contribution is 8.93. The average Bonchev–Trinajstić information content (AvgIpc) is 2.06. The zero-order chi connectivity index (χ0) is 8.10. The van der Waals surface area contributed by atoms with Gasteiger partial charge in [-0.1, -0.05) is 6.07 Å². The van der Waals surface area contributed by atoms with Crippen molar-refractivity contribution in [2.24, 2.45) is 5.73 Å². The van der Waals surface area contributed by atoms with Gasteiger partial charge in [-0.3, -0.25) is 4.98 Å². The van der Waals surface area contributed by atoms with Gasteiger partial charge in [-0.2, -0.15) is 12.6 Å². The molecule has 76 valence electrons. The number of nitrogens with two attached hydrogens (primary N) is 1. The molecule has 2 nitrogen and oxygen atoms in total. The Kier molecular flexibility index (Phi) is 11.0. The summed E-state index contributed by atoms with van der Waals surface area (Å²) in [4.78, 5) is 4.18. The normalized spacial score (nSPS) is 8.46. The first-order valence-corrected chi connectivity index (χ1v) is 4.25. The molecule has 0 aromatic carbocycles. The molecule has 2 N–H and O–H groups in total. The van der Waals surface area contributed by atoms with Crippen molar-refractivity contribution in [3.8, 4) is 0 Å². The van der Waals surface area contributed by atoms with Gasteiger partial charge in [0.2, 0.25) is 0 Å². The van der Waals surface area contributed by atoms with Gasteiger partial charge in [-0.05, 0) is 24.6 Å². The summed E-state index contributed by atoms with van der Waals surface area (Å²) in [5.41, 5.74) is 7.69. The molecule has 0 amide bonds. The molecule has 0 aliphatic heterocycles. The number of aromatic nitrogens is 1. The molecule has 13 heavy (non-hydrogen) atoms. The molecule has 0 unspecified atom stereocenters. The van der Waals surface area contributed by atoms with E-state index in [-0.39, 0.29) is 34.0 Å². The zero-order valence-corrected chi connectivity index (χ0v) is 11.5. The molecule has 0 atom stereocenters. The van der Waals surface area contributed by atoms with E-state index in [9.17, 15) is 0 Å². The van der Waals surface area contributed by atoms with Crippen LogP contribution in [0.5, 0.6) is 0 Å². The van der Waals surface area contributed by atoms with Crippen molar-refractivity contribution < 1.29 is 0 Å². The molecule has 1 rings (SSSR count). The minimum atomic E-state index is 0. The van der Waals surface area contributed by atoms with Gasteiger partial charge >= 0.3 is 0 Å². The largest absolute Gasteiger partial charge is 0.330 e. The van der Waals surface area contributed by atoms with Crippen molar-refractivity contribution >= 4 is 46.6 Å². The second kappa shape index (κ2) is 8.99. The van der Waals surface area contributed by atoms with Crippen LogP contribution in [0.15, 0.2) is 18.3 Å². The maximum absolute atomic E-state index is 5.43. The van der Waals surface area contributed by atoms with Crippen molar-refractivity contribution in [2.45, 2.75) is 12.2 Å². The Hall–Kier alpha value is 0.420. The molecule has 0 bridgehead atoms. The third kappa shape index (κ3) is 5.00. The second-order valence-electron chi connectivity index (χ2n) is 2.31. The monoisotopic (exact) mass is 328 g/mol. The van der Waals surface area contributed by atoms with Crippen molar-refractivity contribution in [3.63, 3.8) is 0 Å². The fraction of sp³-hybridized carbons (Fsp3) is 0.375. The Balaban J connectivity index is 0. The zero-order valence-electron chi connectivity index (χ0n) is 7.14. The first-order chi connectivity index (χ1) is 5.38. The lowest BCUT2D eigenvalue weighted by Crippen LogP contribution is -2.05. The molecule has 0 fully saturated rings. The maximum Gasteiger partial charge on any atom is 0.0532 e. The Labute approximate surface area is 105 Å². The number of halogens is 2. The van der Waals surface area contributed by atoms with E-state index < -0.39 is 0 Å². The number of hydrogen-bond donors (Lipinski definition) is 2. The molecule has 0 aliphatic carbocycles. The summed E-state index contributed by atoms with van der Waals surface area (Å²) < 4.78 is 0. The van der Waals surface area contributed by atoms with E-state index in [0.29, 0.717) is 12.3 Å². The van der Waals surface area contributed by atoms with Gasteiger partial charge in [-0.25, -0.2) is 0 Å². The van der Waals surface area contributed by atoms with Crippen LogP contribution in [-0.2, 0) is 12.2 Å². The van der Waals surface area contributed by atoms with Gasteiger partial charge in [0.05, 0.1) is 5.69 Å². The molecule has 0 saturated carbocycles. The van der Waals surface area contributed by atoms with E-state index in [0.717, 1.165) is 12.1 Å². The van der Waals surface area contributed by atoms with Crippen LogP contribution in [-0.4, -0.2) is 11.5 Å². The van der Waals surface area contributed by atoms with Gasteiger partial charge in [0, 0.05) is 11.9 Å². The SMILES string of the molecule is Br.Br.NCCc1cccnc1CS. The highest BCUT2D eigenvalue weighted by Crippen LogP contribution is 2.07. The average molecular weight is 330 g/mol. The minimum Gasteiger partial charge on any atom is -0.330 e. The molecule has 0 saturated heterocycles. The molecule has 0 aliphatic rings. The molecular formula is C8H14Br2N2S. The second-order valence-corrected chi connectivity index (χ2v) is 2.62. The van der Waals surface area contributed by atoms with E-state index in [1.807, 2.05) is 12.1 Å². The van der Waals surface area contributed by atoms with Crippen LogP contribution >= 0.6 is 46.6 Å². The van der Waals surface area contributed by atoms with E-state index in [2.05, 4.69) is 17.6 Å². The highest BCUT2D eigenvalue weighted by atomic mass is 79.9. The van der Waals surface area contributed by atoms with E-state index in [4.69, 9.17) is 5.73 Å². The standard InChI is InChI=1S/C8H12N2S.2BrH/c9-4-3-7-2-1-5-10-8(7)6-11;;/h1-2,5,11H,3-4,6,9H2;2*1H. The molecule has 1 aromatic rings. The Morgan fingerprint density at radius 2 is 2.08 bits per heavy atom. The quantitative estimate of drug-likeness (QED) is 0.834. The van der Waals surface area contributed by atoms with Crippen LogP contribution in [0, 0.1) is 0 Å². The van der Waals surface area contributed by atoms with Crippen molar-refractivity contribution in [1.29, 1.82) is 0 Å². The van der Waals surface area contributed by atoms with Gasteiger partial charge in [0.15, 0.2) is 0 Å². The third-order valence-corrected chi connectivity index (χ3v) is 1.85. The minimum absolute atomic E-state index is 0. The van der Waals surface area contributed by atoms with E-state index >= 15 is 0 Å². The van der Waals surface area contributed by atoms with Crippen molar-refractivity contribution in [1.82, 2.24) is 4.98 Å². The van der Waals surface area contributed by atoms with Crippen molar-refractivity contribution in [3.05, 3.63) is 29.6 Å². The summed E-state index contributed by atoms with van der Waals surface area (Å²) in [6.45, 7) is 0.673. The predicted octanol–water partition coefficient (Wildman–Crippen LogP) is 2.17. The smallest absolute Gasteiger partial charge is 0.0532 e. The lowest BCUT2D eigenvalue weighted by molar-refractivity contribution is 0.936. The number of hydrogen-bond acceptors (Lipinski definition) is 3. The Morgan fingerprint density at radius 1 is 1.38 bits per heavy atom. The number of rotatable bonds is 3. The molecule has 0 spiro atoms. The predicted molar refractivity (Wildman–Crippen MR) is 70.3 cm³/mol. The van der Waals surface area contributed by atoms with E-state index in [1.54, 1.807) is 6.20 Å². The first kappa shape index (κ1) is 15.9. The summed E-state index contributed by atoms with van der Waals surface area (Å²) in [5.74, 6) is 0.691. The van der Waals surface area contributed by atoms with Crippen LogP contribution in [0.3, 0.4) is 0 Å². The van der Waals surface area contributed by atoms with Crippen LogP contribution in [0.1, 0.15) is 11.3 Å². The molecule has 1 aromatic heterocycles. The highest BCUT2D eigenvalue weighted by Gasteiger charge is 1.98. The lowest BCUT2D eigenvalue weighted by Gasteiger charge is -2.02. The number of thiol groups is 1. The summed E-state index contributed by atoms with van der Waals surface area (Å²) in [5, 5.41) is 0. The summed E-state index contributed by atoms with van der Waals surface area (Å²) in [7, 11) is 0. The summed E-state index contributed by atoms with van der Waals surface area (Å²) in [6, 6.07) is 3.98. The van der Waals surface area contributed by atoms with Crippen LogP contribution in [0.4, 0.5) is 0 Å². The Morgan fingerprint density at radius 3 is 2.62 bits per heavy atom. The number of pyridine rings is 1. The Bertz CT molecular complexity index is 233. The first-order valence-electron chi connectivity index (χ1n) is 3.62. The molecule has 5 heteroatoms. The summed E-state index contributed by atoms with van der Waals surface area (Å²) >= 11 is 4.17. The number of nitrogens with zero attached hydrogens (tertiary/aromatic N) is 1. The third-order valence-electron chi connectivity index (χ3n) is 1.55. The summed E-state index contributed by atoms with van der Waals surface area (Å²) in [6.07, 6.45) is 2.68. The van der Waals surface area contributed by atoms with Crippen LogP contribution in [0.2, 0.25) is 0 Å². The maximum atomic E-state index is 5.43. The van der Waals surface area contributed by atoms with E-state index in [1.165, 1.54) is 5.56 Å². The van der Waals surface area contributed by atoms with Gasteiger partial charge in [0.25, 0.3) is 0 Å². The fourth-order valence-corrected chi connectivity index (χ4v) is 1.28. The van der Waals surface area contributed by atoms with Gasteiger partial charge in [0.1, 0.15) is 0 Å². The molecular weight excluding hydrogens is 316 g/mol. The van der Waals surface area contributed by atoms with Crippen molar-refractivity contribution in [2.75, 3.05) is 6.54 Å².